The van der Waals surface area contributed by atoms with Crippen LogP contribution in [0, 0.1) is 0 Å². The van der Waals surface area contributed by atoms with Crippen molar-refractivity contribution in [3.8, 4) is 5.69 Å². The van der Waals surface area contributed by atoms with E-state index in [9.17, 15) is 4.79 Å². The van der Waals surface area contributed by atoms with Crippen LogP contribution in [0.5, 0.6) is 0 Å². The summed E-state index contributed by atoms with van der Waals surface area (Å²) < 4.78 is 1.66. The molecule has 1 atom stereocenters. The van der Waals surface area contributed by atoms with E-state index in [1.165, 1.54) is 24.6 Å². The lowest BCUT2D eigenvalue weighted by molar-refractivity contribution is -0.120. The van der Waals surface area contributed by atoms with Crippen molar-refractivity contribution in [3.63, 3.8) is 0 Å². The van der Waals surface area contributed by atoms with Crippen LogP contribution in [0.3, 0.4) is 0 Å². The highest BCUT2D eigenvalue weighted by Gasteiger charge is 2.23. The van der Waals surface area contributed by atoms with Crippen LogP contribution < -0.4 is 5.32 Å². The lowest BCUT2D eigenvalue weighted by Crippen LogP contribution is -2.37. The summed E-state index contributed by atoms with van der Waals surface area (Å²) in [6.45, 7) is 1.89. The van der Waals surface area contributed by atoms with Gasteiger partial charge in [-0.3, -0.25) is 4.79 Å². The van der Waals surface area contributed by atoms with E-state index >= 15 is 0 Å². The molecule has 0 saturated heterocycles. The summed E-state index contributed by atoms with van der Waals surface area (Å²) in [5.74, 6) is 0.0551. The van der Waals surface area contributed by atoms with Gasteiger partial charge in [0.15, 0.2) is 0 Å². The maximum atomic E-state index is 12.3. The van der Waals surface area contributed by atoms with E-state index in [0.29, 0.717) is 11.2 Å². The van der Waals surface area contributed by atoms with E-state index in [0.717, 1.165) is 18.5 Å². The summed E-state index contributed by atoms with van der Waals surface area (Å²) in [5, 5.41) is 15.3. The lowest BCUT2D eigenvalue weighted by Gasteiger charge is -2.15. The summed E-state index contributed by atoms with van der Waals surface area (Å²) in [6, 6.07) is 10.0. The van der Waals surface area contributed by atoms with Gasteiger partial charge in [0.05, 0.1) is 10.9 Å². The number of amides is 1. The molecule has 1 aromatic heterocycles. The summed E-state index contributed by atoms with van der Waals surface area (Å²) >= 11 is 1.38. The van der Waals surface area contributed by atoms with E-state index < -0.39 is 0 Å². The fraction of sp³-hybridized carbons (Fsp3) is 0.467. The number of thioether (sulfide) groups is 1. The minimum Gasteiger partial charge on any atom is -0.352 e. The van der Waals surface area contributed by atoms with Gasteiger partial charge in [-0.1, -0.05) is 42.8 Å². The van der Waals surface area contributed by atoms with E-state index in [1.807, 2.05) is 37.3 Å². The minimum atomic E-state index is -0.228. The number of nitrogens with zero attached hydrogens (tertiary/aromatic N) is 4. The predicted octanol–water partition coefficient (Wildman–Crippen LogP) is 2.20. The van der Waals surface area contributed by atoms with Gasteiger partial charge in [0, 0.05) is 6.04 Å². The first-order valence-electron chi connectivity index (χ1n) is 7.55. The molecule has 116 valence electrons. The molecule has 0 bridgehead atoms. The molecule has 1 amide bonds. The monoisotopic (exact) mass is 317 g/mol. The Morgan fingerprint density at radius 2 is 2.05 bits per heavy atom. The van der Waals surface area contributed by atoms with Crippen LogP contribution in [0.15, 0.2) is 35.5 Å². The van der Waals surface area contributed by atoms with Crippen molar-refractivity contribution in [1.82, 2.24) is 25.5 Å². The van der Waals surface area contributed by atoms with Crippen LogP contribution in [0.4, 0.5) is 0 Å². The number of carbonyl (C=O) groups is 1. The normalized spacial score (nSPS) is 16.6. The highest BCUT2D eigenvalue weighted by atomic mass is 32.2. The van der Waals surface area contributed by atoms with Gasteiger partial charge in [0.1, 0.15) is 0 Å². The zero-order valence-electron chi connectivity index (χ0n) is 12.5. The molecular formula is C15H19N5OS. The van der Waals surface area contributed by atoms with Crippen molar-refractivity contribution in [3.05, 3.63) is 30.3 Å². The smallest absolute Gasteiger partial charge is 0.233 e. The van der Waals surface area contributed by atoms with E-state index in [1.54, 1.807) is 4.68 Å². The Labute approximate surface area is 133 Å². The molecule has 1 heterocycles. The van der Waals surface area contributed by atoms with Gasteiger partial charge >= 0.3 is 0 Å². The maximum Gasteiger partial charge on any atom is 0.233 e. The maximum absolute atomic E-state index is 12.3. The average Bonchev–Trinajstić information content (AvgIpc) is 3.19. The number of carbonyl (C=O) groups excluding carboxylic acids is 1. The quantitative estimate of drug-likeness (QED) is 0.856. The largest absolute Gasteiger partial charge is 0.352 e. The molecule has 7 heteroatoms. The molecule has 1 aromatic carbocycles. The van der Waals surface area contributed by atoms with Crippen LogP contribution >= 0.6 is 11.8 Å². The molecule has 2 aromatic rings. The molecule has 1 N–H and O–H groups in total. The average molecular weight is 317 g/mol. The Balaban J connectivity index is 1.65. The van der Waals surface area contributed by atoms with Crippen LogP contribution in [-0.2, 0) is 4.79 Å². The van der Waals surface area contributed by atoms with Gasteiger partial charge in [0.2, 0.25) is 11.1 Å². The number of para-hydroxylation sites is 1. The predicted molar refractivity (Wildman–Crippen MR) is 84.9 cm³/mol. The third-order valence-electron chi connectivity index (χ3n) is 3.79. The molecule has 0 spiro atoms. The molecule has 1 saturated carbocycles. The van der Waals surface area contributed by atoms with Gasteiger partial charge in [-0.15, -0.1) is 5.10 Å². The second-order valence-corrected chi connectivity index (χ2v) is 6.77. The number of hydrogen-bond donors (Lipinski definition) is 1. The summed E-state index contributed by atoms with van der Waals surface area (Å²) in [6.07, 6.45) is 4.59. The molecule has 6 nitrogen and oxygen atoms in total. The second-order valence-electron chi connectivity index (χ2n) is 5.46. The van der Waals surface area contributed by atoms with Crippen LogP contribution in [0.1, 0.15) is 32.6 Å². The van der Waals surface area contributed by atoms with Crippen molar-refractivity contribution < 1.29 is 4.79 Å². The molecule has 1 unspecified atom stereocenters. The first kappa shape index (κ1) is 15.0. The first-order chi connectivity index (χ1) is 10.7. The molecule has 0 radical (unpaired) electrons. The Hall–Kier alpha value is -1.89. The molecule has 3 rings (SSSR count). The second kappa shape index (κ2) is 6.91. The van der Waals surface area contributed by atoms with Crippen LogP contribution in [-0.4, -0.2) is 37.4 Å². The SMILES string of the molecule is CC(Sc1nnnn1-c1ccccc1)C(=O)NC1CCCC1. The standard InChI is InChI=1S/C15H19N5OS/c1-11(14(21)16-12-7-5-6-8-12)22-15-17-18-19-20(15)13-9-3-2-4-10-13/h2-4,9-12H,5-8H2,1H3,(H,16,21). The highest BCUT2D eigenvalue weighted by Crippen LogP contribution is 2.24. The van der Waals surface area contributed by atoms with E-state index in [-0.39, 0.29) is 11.2 Å². The Kier molecular flexibility index (Phi) is 4.72. The first-order valence-corrected chi connectivity index (χ1v) is 8.43. The summed E-state index contributed by atoms with van der Waals surface area (Å²) in [7, 11) is 0. The van der Waals surface area contributed by atoms with E-state index in [4.69, 9.17) is 0 Å². The fourth-order valence-electron chi connectivity index (χ4n) is 2.58. The topological polar surface area (TPSA) is 72.7 Å². The highest BCUT2D eigenvalue weighted by molar-refractivity contribution is 8.00. The number of benzene rings is 1. The van der Waals surface area contributed by atoms with Crippen molar-refractivity contribution >= 4 is 17.7 Å². The number of hydrogen-bond acceptors (Lipinski definition) is 5. The van der Waals surface area contributed by atoms with Crippen molar-refractivity contribution in [1.29, 1.82) is 0 Å². The number of aromatic nitrogens is 4. The van der Waals surface area contributed by atoms with Crippen molar-refractivity contribution in [2.75, 3.05) is 0 Å². The number of tetrazole rings is 1. The Morgan fingerprint density at radius 1 is 1.32 bits per heavy atom. The van der Waals surface area contributed by atoms with Crippen LogP contribution in [0.25, 0.3) is 5.69 Å². The van der Waals surface area contributed by atoms with Crippen molar-refractivity contribution in [2.45, 2.75) is 49.1 Å². The third-order valence-corrected chi connectivity index (χ3v) is 4.83. The van der Waals surface area contributed by atoms with Gasteiger partial charge in [-0.25, -0.2) is 0 Å². The van der Waals surface area contributed by atoms with Gasteiger partial charge < -0.3 is 5.32 Å². The zero-order chi connectivity index (χ0) is 15.4. The minimum absolute atomic E-state index is 0.0551. The van der Waals surface area contributed by atoms with Gasteiger partial charge in [-0.2, -0.15) is 4.68 Å². The number of nitrogens with one attached hydrogen (secondary N) is 1. The molecule has 0 aliphatic heterocycles. The Bertz CT molecular complexity index is 624. The Morgan fingerprint density at radius 3 is 2.77 bits per heavy atom. The molecule has 1 aliphatic rings. The molecule has 1 aliphatic carbocycles. The zero-order valence-corrected chi connectivity index (χ0v) is 13.3. The van der Waals surface area contributed by atoms with Gasteiger partial charge in [0.25, 0.3) is 0 Å². The molecule has 1 fully saturated rings. The summed E-state index contributed by atoms with van der Waals surface area (Å²) in [5.41, 5.74) is 0.887. The van der Waals surface area contributed by atoms with E-state index in [2.05, 4.69) is 20.8 Å². The third kappa shape index (κ3) is 3.47. The fourth-order valence-corrected chi connectivity index (χ4v) is 3.40. The lowest BCUT2D eigenvalue weighted by atomic mass is 10.2. The number of rotatable bonds is 5. The summed E-state index contributed by atoms with van der Waals surface area (Å²) in [4.78, 5) is 12.3. The van der Waals surface area contributed by atoms with Crippen molar-refractivity contribution in [2.24, 2.45) is 0 Å². The van der Waals surface area contributed by atoms with Crippen LogP contribution in [0.2, 0.25) is 0 Å². The van der Waals surface area contributed by atoms with Gasteiger partial charge in [-0.05, 0) is 42.3 Å². The molecular weight excluding hydrogens is 298 g/mol. The molecule has 22 heavy (non-hydrogen) atoms.